The van der Waals surface area contributed by atoms with Crippen LogP contribution in [-0.2, 0) is 6.54 Å². The Bertz CT molecular complexity index is 441. The first-order chi connectivity index (χ1) is 10.2. The van der Waals surface area contributed by atoms with Gasteiger partial charge >= 0.3 is 6.03 Å². The lowest BCUT2D eigenvalue weighted by Gasteiger charge is -2.34. The molecular formula is C16H24ClN3O. The Labute approximate surface area is 132 Å². The number of nitrogens with zero attached hydrogens (tertiary/aromatic N) is 2. The van der Waals surface area contributed by atoms with Crippen LogP contribution < -0.4 is 5.32 Å². The maximum atomic E-state index is 12.1. The molecule has 0 aliphatic carbocycles. The van der Waals surface area contributed by atoms with E-state index in [0.717, 1.165) is 38.3 Å². The van der Waals surface area contributed by atoms with Crippen LogP contribution in [0.2, 0.25) is 5.02 Å². The van der Waals surface area contributed by atoms with Crippen molar-refractivity contribution in [1.29, 1.82) is 0 Å². The molecule has 0 unspecified atom stereocenters. The van der Waals surface area contributed by atoms with E-state index in [1.807, 2.05) is 29.2 Å². The van der Waals surface area contributed by atoms with E-state index in [2.05, 4.69) is 17.1 Å². The zero-order chi connectivity index (χ0) is 15.1. The molecule has 2 amide bonds. The van der Waals surface area contributed by atoms with E-state index in [9.17, 15) is 4.79 Å². The van der Waals surface area contributed by atoms with Crippen molar-refractivity contribution in [3.05, 3.63) is 34.9 Å². The Kier molecular flexibility index (Phi) is 6.33. The Balaban J connectivity index is 1.71. The number of hydrogen-bond donors (Lipinski definition) is 1. The average molecular weight is 310 g/mol. The van der Waals surface area contributed by atoms with Gasteiger partial charge in [-0.1, -0.05) is 37.1 Å². The van der Waals surface area contributed by atoms with Crippen molar-refractivity contribution >= 4 is 17.6 Å². The predicted molar refractivity (Wildman–Crippen MR) is 86.6 cm³/mol. The second-order valence-electron chi connectivity index (χ2n) is 5.47. The van der Waals surface area contributed by atoms with Gasteiger partial charge in [-0.3, -0.25) is 4.90 Å². The zero-order valence-corrected chi connectivity index (χ0v) is 13.4. The Morgan fingerprint density at radius 3 is 2.48 bits per heavy atom. The van der Waals surface area contributed by atoms with Gasteiger partial charge in [0.05, 0.1) is 0 Å². The molecule has 0 atom stereocenters. The summed E-state index contributed by atoms with van der Waals surface area (Å²) in [5, 5.41) is 3.69. The van der Waals surface area contributed by atoms with Crippen LogP contribution in [0.5, 0.6) is 0 Å². The molecule has 1 aromatic rings. The molecule has 4 nitrogen and oxygen atoms in total. The van der Waals surface area contributed by atoms with Crippen LogP contribution in [0.25, 0.3) is 0 Å². The van der Waals surface area contributed by atoms with Gasteiger partial charge < -0.3 is 10.2 Å². The van der Waals surface area contributed by atoms with Crippen LogP contribution in [-0.4, -0.2) is 48.6 Å². The Morgan fingerprint density at radius 2 is 1.86 bits per heavy atom. The van der Waals surface area contributed by atoms with Crippen LogP contribution in [0.4, 0.5) is 4.79 Å². The number of benzene rings is 1. The summed E-state index contributed by atoms with van der Waals surface area (Å²) in [6.07, 6.45) is 2.46. The molecule has 0 bridgehead atoms. The summed E-state index contributed by atoms with van der Waals surface area (Å²) in [5.41, 5.74) is 1.06. The maximum absolute atomic E-state index is 12.1. The molecule has 2 rings (SSSR count). The van der Waals surface area contributed by atoms with Crippen molar-refractivity contribution in [3.8, 4) is 0 Å². The van der Waals surface area contributed by atoms with E-state index in [-0.39, 0.29) is 6.03 Å². The minimum absolute atomic E-state index is 0.0279. The molecule has 21 heavy (non-hydrogen) atoms. The number of carbonyl (C=O) groups excluding carboxylic acids is 1. The number of hydrogen-bond acceptors (Lipinski definition) is 2. The van der Waals surface area contributed by atoms with Gasteiger partial charge in [-0.05, 0) is 30.7 Å². The van der Waals surface area contributed by atoms with Gasteiger partial charge in [-0.15, -0.1) is 0 Å². The monoisotopic (exact) mass is 309 g/mol. The Morgan fingerprint density at radius 1 is 1.19 bits per heavy atom. The smallest absolute Gasteiger partial charge is 0.317 e. The molecule has 116 valence electrons. The summed E-state index contributed by atoms with van der Waals surface area (Å²) in [6.45, 7) is 7.50. The summed E-state index contributed by atoms with van der Waals surface area (Å²) >= 11 is 5.85. The van der Waals surface area contributed by atoms with Gasteiger partial charge in [-0.25, -0.2) is 4.79 Å². The van der Waals surface area contributed by atoms with E-state index in [1.54, 1.807) is 0 Å². The summed E-state index contributed by atoms with van der Waals surface area (Å²) in [5.74, 6) is 0. The highest BCUT2D eigenvalue weighted by atomic mass is 35.5. The van der Waals surface area contributed by atoms with Crippen molar-refractivity contribution < 1.29 is 4.79 Å². The second-order valence-corrected chi connectivity index (χ2v) is 5.90. The minimum Gasteiger partial charge on any atom is -0.334 e. The molecule has 1 aliphatic heterocycles. The van der Waals surface area contributed by atoms with E-state index in [0.29, 0.717) is 11.6 Å². The van der Waals surface area contributed by atoms with Crippen molar-refractivity contribution in [2.24, 2.45) is 0 Å². The molecule has 1 saturated heterocycles. The van der Waals surface area contributed by atoms with Crippen molar-refractivity contribution in [2.45, 2.75) is 26.3 Å². The van der Waals surface area contributed by atoms with Crippen LogP contribution in [0, 0.1) is 0 Å². The van der Waals surface area contributed by atoms with Crippen molar-refractivity contribution in [1.82, 2.24) is 15.1 Å². The molecule has 1 N–H and O–H groups in total. The maximum Gasteiger partial charge on any atom is 0.317 e. The number of rotatable bonds is 5. The predicted octanol–water partition coefficient (Wildman–Crippen LogP) is 2.97. The van der Waals surface area contributed by atoms with Crippen LogP contribution in [0.1, 0.15) is 25.3 Å². The summed E-state index contributed by atoms with van der Waals surface area (Å²) in [6, 6.07) is 7.59. The number of carbonyl (C=O) groups is 1. The van der Waals surface area contributed by atoms with Gasteiger partial charge in [0, 0.05) is 37.7 Å². The molecule has 0 aromatic heterocycles. The van der Waals surface area contributed by atoms with E-state index >= 15 is 0 Å². The van der Waals surface area contributed by atoms with E-state index in [1.165, 1.54) is 12.8 Å². The lowest BCUT2D eigenvalue weighted by atomic mass is 10.2. The van der Waals surface area contributed by atoms with Crippen LogP contribution in [0.15, 0.2) is 24.3 Å². The topological polar surface area (TPSA) is 35.6 Å². The SMILES string of the molecule is CCCCN1CCN(C(=O)NCc2ccc(Cl)cc2)CC1. The molecule has 0 spiro atoms. The quantitative estimate of drug-likeness (QED) is 0.907. The summed E-state index contributed by atoms with van der Waals surface area (Å²) in [4.78, 5) is 16.5. The lowest BCUT2D eigenvalue weighted by Crippen LogP contribution is -2.51. The standard InChI is InChI=1S/C16H24ClN3O/c1-2-3-8-19-9-11-20(12-10-19)16(21)18-13-14-4-6-15(17)7-5-14/h4-7H,2-3,8-13H2,1H3,(H,18,21). The van der Waals surface area contributed by atoms with Gasteiger partial charge in [0.25, 0.3) is 0 Å². The van der Waals surface area contributed by atoms with Crippen LogP contribution >= 0.6 is 11.6 Å². The highest BCUT2D eigenvalue weighted by molar-refractivity contribution is 6.30. The first-order valence-corrected chi connectivity index (χ1v) is 8.06. The highest BCUT2D eigenvalue weighted by Gasteiger charge is 2.20. The fourth-order valence-electron chi connectivity index (χ4n) is 2.45. The Hall–Kier alpha value is -1.26. The first-order valence-electron chi connectivity index (χ1n) is 7.68. The molecule has 1 aliphatic rings. The van der Waals surface area contributed by atoms with Gasteiger partial charge in [0.1, 0.15) is 0 Å². The number of piperazine rings is 1. The molecule has 1 aromatic carbocycles. The number of nitrogens with one attached hydrogen (secondary N) is 1. The summed E-state index contributed by atoms with van der Waals surface area (Å²) < 4.78 is 0. The second kappa shape index (κ2) is 8.25. The highest BCUT2D eigenvalue weighted by Crippen LogP contribution is 2.09. The minimum atomic E-state index is 0.0279. The lowest BCUT2D eigenvalue weighted by molar-refractivity contribution is 0.138. The van der Waals surface area contributed by atoms with Gasteiger partial charge in [0.2, 0.25) is 0 Å². The zero-order valence-electron chi connectivity index (χ0n) is 12.6. The third-order valence-corrected chi connectivity index (χ3v) is 4.10. The fourth-order valence-corrected chi connectivity index (χ4v) is 2.57. The number of amides is 2. The fraction of sp³-hybridized carbons (Fsp3) is 0.562. The van der Waals surface area contributed by atoms with E-state index < -0.39 is 0 Å². The third kappa shape index (κ3) is 5.21. The molecule has 1 heterocycles. The van der Waals surface area contributed by atoms with Crippen molar-refractivity contribution in [2.75, 3.05) is 32.7 Å². The number of urea groups is 1. The largest absolute Gasteiger partial charge is 0.334 e. The van der Waals surface area contributed by atoms with Gasteiger partial charge in [0.15, 0.2) is 0 Å². The third-order valence-electron chi connectivity index (χ3n) is 3.84. The molecule has 0 saturated carbocycles. The first kappa shape index (κ1) is 16.1. The molecule has 1 fully saturated rings. The number of unbranched alkanes of at least 4 members (excludes halogenated alkanes) is 1. The van der Waals surface area contributed by atoms with Crippen LogP contribution in [0.3, 0.4) is 0 Å². The average Bonchev–Trinajstić information content (AvgIpc) is 2.52. The normalized spacial score (nSPS) is 16.0. The number of halogens is 1. The molecular weight excluding hydrogens is 286 g/mol. The van der Waals surface area contributed by atoms with Gasteiger partial charge in [-0.2, -0.15) is 0 Å². The molecule has 0 radical (unpaired) electrons. The van der Waals surface area contributed by atoms with E-state index in [4.69, 9.17) is 11.6 Å². The summed E-state index contributed by atoms with van der Waals surface area (Å²) in [7, 11) is 0. The van der Waals surface area contributed by atoms with Crippen molar-refractivity contribution in [3.63, 3.8) is 0 Å². The molecule has 5 heteroatoms.